The Balaban J connectivity index is 2.92. The molecule has 0 bridgehead atoms. The highest BCUT2D eigenvalue weighted by Crippen LogP contribution is 2.17. The van der Waals surface area contributed by atoms with E-state index in [9.17, 15) is 0 Å². The molecular weight excluding hydrogens is 182 g/mol. The molecule has 1 heterocycles. The predicted molar refractivity (Wildman–Crippen MR) is 53.9 cm³/mol. The van der Waals surface area contributed by atoms with E-state index in [-0.39, 0.29) is 6.04 Å². The highest BCUT2D eigenvalue weighted by molar-refractivity contribution is 5.34. The summed E-state index contributed by atoms with van der Waals surface area (Å²) in [6.07, 6.45) is 0. The van der Waals surface area contributed by atoms with E-state index in [0.29, 0.717) is 17.7 Å². The number of methoxy groups -OCH3 is 2. The number of nitrogens with zero attached hydrogens (tertiary/aromatic N) is 2. The first-order valence-corrected chi connectivity index (χ1v) is 4.39. The zero-order valence-electron chi connectivity index (χ0n) is 8.87. The fourth-order valence-electron chi connectivity index (χ4n) is 0.936. The van der Waals surface area contributed by atoms with Crippen molar-refractivity contribution in [3.8, 4) is 11.8 Å². The van der Waals surface area contributed by atoms with E-state index < -0.39 is 0 Å². The first-order valence-electron chi connectivity index (χ1n) is 4.39. The van der Waals surface area contributed by atoms with Crippen molar-refractivity contribution in [1.82, 2.24) is 9.97 Å². The molecular formula is C9H15N3O2. The highest BCUT2D eigenvalue weighted by atomic mass is 16.5. The van der Waals surface area contributed by atoms with Crippen LogP contribution in [0.2, 0.25) is 0 Å². The van der Waals surface area contributed by atoms with Gasteiger partial charge in [-0.05, 0) is 13.8 Å². The average Bonchev–Trinajstić information content (AvgIpc) is 2.16. The Kier molecular flexibility index (Phi) is 3.50. The summed E-state index contributed by atoms with van der Waals surface area (Å²) in [5, 5.41) is 3.07. The van der Waals surface area contributed by atoms with Crippen LogP contribution in [0.15, 0.2) is 6.07 Å². The Labute approximate surface area is 83.5 Å². The molecule has 1 N–H and O–H groups in total. The molecule has 0 saturated carbocycles. The number of hydrogen-bond donors (Lipinski definition) is 1. The van der Waals surface area contributed by atoms with Gasteiger partial charge in [-0.25, -0.2) is 0 Å². The van der Waals surface area contributed by atoms with E-state index in [2.05, 4.69) is 15.3 Å². The third-order valence-electron chi connectivity index (χ3n) is 1.52. The van der Waals surface area contributed by atoms with E-state index in [4.69, 9.17) is 9.47 Å². The Morgan fingerprint density at radius 3 is 2.00 bits per heavy atom. The monoisotopic (exact) mass is 197 g/mol. The normalized spacial score (nSPS) is 10.1. The van der Waals surface area contributed by atoms with Crippen LogP contribution >= 0.6 is 0 Å². The van der Waals surface area contributed by atoms with Crippen LogP contribution in [0.25, 0.3) is 0 Å². The van der Waals surface area contributed by atoms with Crippen molar-refractivity contribution in [2.45, 2.75) is 19.9 Å². The Morgan fingerprint density at radius 2 is 1.64 bits per heavy atom. The molecule has 78 valence electrons. The van der Waals surface area contributed by atoms with Crippen LogP contribution in [0.4, 0.5) is 5.95 Å². The van der Waals surface area contributed by atoms with Gasteiger partial charge in [0.05, 0.1) is 20.3 Å². The third-order valence-corrected chi connectivity index (χ3v) is 1.52. The molecule has 0 fully saturated rings. The van der Waals surface area contributed by atoms with Crippen LogP contribution in [0.3, 0.4) is 0 Å². The summed E-state index contributed by atoms with van der Waals surface area (Å²) in [6, 6.07) is 1.90. The SMILES string of the molecule is COc1cc(OC)nc(NC(C)C)n1. The first-order chi connectivity index (χ1) is 6.65. The second kappa shape index (κ2) is 4.64. The molecule has 1 aromatic rings. The van der Waals surface area contributed by atoms with Gasteiger partial charge in [-0.3, -0.25) is 0 Å². The van der Waals surface area contributed by atoms with Crippen LogP contribution in [0.5, 0.6) is 11.8 Å². The maximum atomic E-state index is 5.01. The number of rotatable bonds is 4. The van der Waals surface area contributed by atoms with Crippen LogP contribution in [0, 0.1) is 0 Å². The van der Waals surface area contributed by atoms with Gasteiger partial charge in [-0.2, -0.15) is 9.97 Å². The molecule has 0 aliphatic carbocycles. The van der Waals surface area contributed by atoms with Crippen LogP contribution < -0.4 is 14.8 Å². The fraction of sp³-hybridized carbons (Fsp3) is 0.556. The smallest absolute Gasteiger partial charge is 0.229 e. The quantitative estimate of drug-likeness (QED) is 0.788. The molecule has 0 amide bonds. The van der Waals surface area contributed by atoms with Gasteiger partial charge in [-0.1, -0.05) is 0 Å². The summed E-state index contributed by atoms with van der Waals surface area (Å²) in [5.74, 6) is 1.48. The number of aromatic nitrogens is 2. The molecule has 1 aromatic heterocycles. The van der Waals surface area contributed by atoms with E-state index in [1.165, 1.54) is 0 Å². The Hall–Kier alpha value is -1.52. The summed E-state index contributed by atoms with van der Waals surface area (Å²) >= 11 is 0. The topological polar surface area (TPSA) is 56.3 Å². The lowest BCUT2D eigenvalue weighted by molar-refractivity contribution is 0.372. The molecule has 0 unspecified atom stereocenters. The van der Waals surface area contributed by atoms with E-state index >= 15 is 0 Å². The van der Waals surface area contributed by atoms with Gasteiger partial charge in [0.2, 0.25) is 17.7 Å². The second-order valence-corrected chi connectivity index (χ2v) is 3.08. The van der Waals surface area contributed by atoms with Crippen molar-refractivity contribution in [1.29, 1.82) is 0 Å². The Bertz CT molecular complexity index is 280. The largest absolute Gasteiger partial charge is 0.481 e. The zero-order chi connectivity index (χ0) is 10.6. The van der Waals surface area contributed by atoms with Gasteiger partial charge in [-0.15, -0.1) is 0 Å². The van der Waals surface area contributed by atoms with Crippen LogP contribution in [-0.4, -0.2) is 30.2 Å². The third kappa shape index (κ3) is 2.76. The molecule has 1 rings (SSSR count). The summed E-state index contributed by atoms with van der Waals surface area (Å²) < 4.78 is 10.0. The van der Waals surface area contributed by atoms with E-state index in [1.807, 2.05) is 13.8 Å². The fourth-order valence-corrected chi connectivity index (χ4v) is 0.936. The number of nitrogens with one attached hydrogen (secondary N) is 1. The van der Waals surface area contributed by atoms with Crippen molar-refractivity contribution in [3.05, 3.63) is 6.07 Å². The van der Waals surface area contributed by atoms with Crippen LogP contribution in [0.1, 0.15) is 13.8 Å². The zero-order valence-corrected chi connectivity index (χ0v) is 8.87. The maximum Gasteiger partial charge on any atom is 0.229 e. The highest BCUT2D eigenvalue weighted by Gasteiger charge is 2.05. The van der Waals surface area contributed by atoms with Gasteiger partial charge < -0.3 is 14.8 Å². The molecule has 14 heavy (non-hydrogen) atoms. The molecule has 0 spiro atoms. The Morgan fingerprint density at radius 1 is 1.14 bits per heavy atom. The molecule has 0 aromatic carbocycles. The van der Waals surface area contributed by atoms with Crippen molar-refractivity contribution in [2.24, 2.45) is 0 Å². The maximum absolute atomic E-state index is 5.01. The lowest BCUT2D eigenvalue weighted by Crippen LogP contribution is -2.13. The summed E-state index contributed by atoms with van der Waals surface area (Å²) in [7, 11) is 3.11. The summed E-state index contributed by atoms with van der Waals surface area (Å²) in [4.78, 5) is 8.23. The summed E-state index contributed by atoms with van der Waals surface area (Å²) in [6.45, 7) is 4.02. The van der Waals surface area contributed by atoms with E-state index in [0.717, 1.165) is 0 Å². The molecule has 0 saturated heterocycles. The van der Waals surface area contributed by atoms with Crippen molar-refractivity contribution in [2.75, 3.05) is 19.5 Å². The van der Waals surface area contributed by atoms with Crippen LogP contribution in [-0.2, 0) is 0 Å². The minimum Gasteiger partial charge on any atom is -0.481 e. The minimum atomic E-state index is 0.270. The first kappa shape index (κ1) is 10.6. The molecule has 0 atom stereocenters. The molecule has 0 aliphatic rings. The lowest BCUT2D eigenvalue weighted by atomic mass is 10.4. The average molecular weight is 197 g/mol. The van der Waals surface area contributed by atoms with E-state index in [1.54, 1.807) is 20.3 Å². The summed E-state index contributed by atoms with van der Waals surface area (Å²) in [5.41, 5.74) is 0. The van der Waals surface area contributed by atoms with Gasteiger partial charge in [0.1, 0.15) is 0 Å². The van der Waals surface area contributed by atoms with Gasteiger partial charge >= 0.3 is 0 Å². The molecule has 5 heteroatoms. The number of anilines is 1. The van der Waals surface area contributed by atoms with Crippen molar-refractivity contribution < 1.29 is 9.47 Å². The number of hydrogen-bond acceptors (Lipinski definition) is 5. The molecule has 0 aliphatic heterocycles. The standard InChI is InChI=1S/C9H15N3O2/c1-6(2)10-9-11-7(13-3)5-8(12-9)14-4/h5-6H,1-4H3,(H,10,11,12). The lowest BCUT2D eigenvalue weighted by Gasteiger charge is -2.10. The van der Waals surface area contributed by atoms with Crippen molar-refractivity contribution >= 4 is 5.95 Å². The second-order valence-electron chi connectivity index (χ2n) is 3.08. The minimum absolute atomic E-state index is 0.270. The predicted octanol–water partition coefficient (Wildman–Crippen LogP) is 1.31. The number of ether oxygens (including phenoxy) is 2. The van der Waals surface area contributed by atoms with Gasteiger partial charge in [0.25, 0.3) is 0 Å². The molecule has 5 nitrogen and oxygen atoms in total. The van der Waals surface area contributed by atoms with Crippen molar-refractivity contribution in [3.63, 3.8) is 0 Å². The van der Waals surface area contributed by atoms with Gasteiger partial charge in [0, 0.05) is 6.04 Å². The van der Waals surface area contributed by atoms with Gasteiger partial charge in [0.15, 0.2) is 0 Å². The molecule has 0 radical (unpaired) electrons.